The Morgan fingerprint density at radius 1 is 1.67 bits per heavy atom. The van der Waals surface area contributed by atoms with Crippen molar-refractivity contribution in [1.29, 1.82) is 0 Å². The van der Waals surface area contributed by atoms with Gasteiger partial charge >= 0.3 is 0 Å². The summed E-state index contributed by atoms with van der Waals surface area (Å²) < 4.78 is 0. The van der Waals surface area contributed by atoms with Gasteiger partial charge in [-0.3, -0.25) is 9.59 Å². The number of ketones is 2. The lowest BCUT2D eigenvalue weighted by Crippen LogP contribution is -2.41. The van der Waals surface area contributed by atoms with Crippen molar-refractivity contribution in [3.8, 4) is 0 Å². The van der Waals surface area contributed by atoms with Crippen LogP contribution in [0.3, 0.4) is 0 Å². The van der Waals surface area contributed by atoms with E-state index >= 15 is 0 Å². The number of carbonyl (C=O) groups excluding carboxylic acids is 2. The number of hydrogen-bond acceptors (Lipinski definition) is 3. The highest BCUT2D eigenvalue weighted by molar-refractivity contribution is 6.40. The van der Waals surface area contributed by atoms with E-state index < -0.39 is 11.5 Å². The first kappa shape index (κ1) is 9.42. The molecule has 0 aromatic carbocycles. The Morgan fingerprint density at radius 2 is 2.25 bits per heavy atom. The maximum absolute atomic E-state index is 11.2. The van der Waals surface area contributed by atoms with Crippen molar-refractivity contribution in [2.75, 3.05) is 6.61 Å². The van der Waals surface area contributed by atoms with Crippen molar-refractivity contribution >= 4 is 23.2 Å². The van der Waals surface area contributed by atoms with E-state index in [0.29, 0.717) is 5.57 Å². The highest BCUT2D eigenvalue weighted by atomic mass is 35.5. The minimum Gasteiger partial charge on any atom is -0.394 e. The lowest BCUT2D eigenvalue weighted by molar-refractivity contribution is -0.125. The first-order chi connectivity index (χ1) is 5.49. The van der Waals surface area contributed by atoms with Crippen LogP contribution in [-0.2, 0) is 9.59 Å². The number of aliphatic hydroxyl groups excluding tert-OH is 1. The molecule has 1 N–H and O–H groups in total. The van der Waals surface area contributed by atoms with Crippen molar-refractivity contribution in [2.45, 2.75) is 18.2 Å². The molecule has 0 aliphatic heterocycles. The van der Waals surface area contributed by atoms with E-state index in [1.807, 2.05) is 0 Å². The van der Waals surface area contributed by atoms with E-state index in [9.17, 15) is 9.59 Å². The Kier molecular flexibility index (Phi) is 2.35. The normalized spacial score (nSPS) is 30.4. The van der Waals surface area contributed by atoms with Gasteiger partial charge in [0.1, 0.15) is 4.87 Å². The fraction of sp³-hybridized carbons (Fsp3) is 0.500. The molecule has 66 valence electrons. The summed E-state index contributed by atoms with van der Waals surface area (Å²) in [6.45, 7) is 1.07. The zero-order valence-corrected chi connectivity index (χ0v) is 7.39. The summed E-state index contributed by atoms with van der Waals surface area (Å²) >= 11 is 5.71. The summed E-state index contributed by atoms with van der Waals surface area (Å²) in [6, 6.07) is 0. The molecule has 0 aromatic rings. The smallest absolute Gasteiger partial charge is 0.179 e. The largest absolute Gasteiger partial charge is 0.394 e. The number of alkyl halides is 1. The Morgan fingerprint density at radius 3 is 2.75 bits per heavy atom. The second-order valence-corrected chi connectivity index (χ2v) is 3.64. The van der Waals surface area contributed by atoms with E-state index in [-0.39, 0.29) is 18.0 Å². The quantitative estimate of drug-likeness (QED) is 0.608. The Labute approximate surface area is 75.0 Å². The van der Waals surface area contributed by atoms with Crippen LogP contribution in [0.5, 0.6) is 0 Å². The molecular weight excluding hydrogens is 180 g/mol. The molecule has 0 bridgehead atoms. The molecule has 0 aromatic heterocycles. The molecule has 0 amide bonds. The third-order valence-corrected chi connectivity index (χ3v) is 2.36. The highest BCUT2D eigenvalue weighted by Gasteiger charge is 2.39. The van der Waals surface area contributed by atoms with Gasteiger partial charge in [-0.15, -0.1) is 11.6 Å². The second kappa shape index (κ2) is 2.99. The third-order valence-electron chi connectivity index (χ3n) is 1.92. The lowest BCUT2D eigenvalue weighted by atomic mass is 9.88. The van der Waals surface area contributed by atoms with E-state index in [4.69, 9.17) is 16.7 Å². The van der Waals surface area contributed by atoms with Crippen molar-refractivity contribution < 1.29 is 14.7 Å². The molecular formula is C8H9ClO3. The molecule has 1 unspecified atom stereocenters. The van der Waals surface area contributed by atoms with Gasteiger partial charge in [0, 0.05) is 6.42 Å². The predicted octanol–water partition coefficient (Wildman–Crippen LogP) is 0.445. The van der Waals surface area contributed by atoms with Crippen LogP contribution in [0.1, 0.15) is 13.3 Å². The minimum absolute atomic E-state index is 0.105. The Hall–Kier alpha value is -0.670. The summed E-state index contributed by atoms with van der Waals surface area (Å²) in [5.41, 5.74) is 0.407. The van der Waals surface area contributed by atoms with Crippen molar-refractivity contribution in [3.63, 3.8) is 0 Å². The first-order valence-electron chi connectivity index (χ1n) is 3.55. The molecule has 1 rings (SSSR count). The van der Waals surface area contributed by atoms with Gasteiger partial charge in [-0.25, -0.2) is 0 Å². The van der Waals surface area contributed by atoms with Gasteiger partial charge in [-0.05, 0) is 18.6 Å². The summed E-state index contributed by atoms with van der Waals surface area (Å²) in [6.07, 6.45) is 1.08. The number of hydrogen-bond donors (Lipinski definition) is 1. The van der Waals surface area contributed by atoms with Gasteiger partial charge in [0.25, 0.3) is 0 Å². The zero-order valence-electron chi connectivity index (χ0n) is 6.63. The van der Waals surface area contributed by atoms with Crippen LogP contribution in [0.4, 0.5) is 0 Å². The average molecular weight is 189 g/mol. The molecule has 0 saturated heterocycles. The summed E-state index contributed by atoms with van der Waals surface area (Å²) in [5, 5.41) is 8.79. The topological polar surface area (TPSA) is 54.4 Å². The van der Waals surface area contributed by atoms with Crippen molar-refractivity contribution in [3.05, 3.63) is 11.6 Å². The third kappa shape index (κ3) is 1.42. The van der Waals surface area contributed by atoms with Gasteiger partial charge in [-0.2, -0.15) is 0 Å². The summed E-state index contributed by atoms with van der Waals surface area (Å²) in [7, 11) is 0. The molecule has 0 saturated carbocycles. The van der Waals surface area contributed by atoms with Gasteiger partial charge in [0.2, 0.25) is 0 Å². The molecule has 12 heavy (non-hydrogen) atoms. The molecule has 1 aliphatic rings. The predicted molar refractivity (Wildman–Crippen MR) is 44.1 cm³/mol. The number of carbonyl (C=O) groups is 2. The van der Waals surface area contributed by atoms with Gasteiger partial charge in [0.05, 0.1) is 6.61 Å². The highest BCUT2D eigenvalue weighted by Crippen LogP contribution is 2.27. The molecule has 1 atom stereocenters. The zero-order chi connectivity index (χ0) is 9.35. The monoisotopic (exact) mass is 188 g/mol. The number of Topliss-reactive ketones (excluding diaryl/α,β-unsaturated/α-hetero) is 1. The maximum Gasteiger partial charge on any atom is 0.179 e. The minimum atomic E-state index is -1.41. The maximum atomic E-state index is 11.2. The van der Waals surface area contributed by atoms with E-state index in [0.717, 1.165) is 0 Å². The SMILES string of the molecule is CC1=CC(=O)C(Cl)(CO)CC1=O. The summed E-state index contributed by atoms with van der Waals surface area (Å²) in [5.74, 6) is -0.567. The molecule has 4 heteroatoms. The molecule has 0 radical (unpaired) electrons. The van der Waals surface area contributed by atoms with Gasteiger partial charge in [-0.1, -0.05) is 0 Å². The van der Waals surface area contributed by atoms with E-state index in [1.165, 1.54) is 6.08 Å². The van der Waals surface area contributed by atoms with Crippen LogP contribution in [0, 0.1) is 0 Å². The number of rotatable bonds is 1. The van der Waals surface area contributed by atoms with Crippen molar-refractivity contribution in [1.82, 2.24) is 0 Å². The summed E-state index contributed by atoms with van der Waals surface area (Å²) in [4.78, 5) is 20.9. The van der Waals surface area contributed by atoms with Crippen LogP contribution in [0.25, 0.3) is 0 Å². The molecule has 0 fully saturated rings. The standard InChI is InChI=1S/C8H9ClO3/c1-5-2-7(12)8(9,4-10)3-6(5)11/h2,10H,3-4H2,1H3. The number of allylic oxidation sites excluding steroid dienone is 2. The molecule has 0 heterocycles. The van der Waals surface area contributed by atoms with Crippen LogP contribution in [0.2, 0.25) is 0 Å². The molecule has 3 nitrogen and oxygen atoms in total. The van der Waals surface area contributed by atoms with Crippen LogP contribution >= 0.6 is 11.6 Å². The Bertz CT molecular complexity index is 269. The van der Waals surface area contributed by atoms with E-state index in [1.54, 1.807) is 6.92 Å². The molecule has 1 aliphatic carbocycles. The van der Waals surface area contributed by atoms with Gasteiger partial charge in [0.15, 0.2) is 11.6 Å². The van der Waals surface area contributed by atoms with E-state index in [2.05, 4.69) is 0 Å². The molecule has 0 spiro atoms. The lowest BCUT2D eigenvalue weighted by Gasteiger charge is -2.24. The fourth-order valence-corrected chi connectivity index (χ4v) is 1.20. The fourth-order valence-electron chi connectivity index (χ4n) is 1.02. The number of halogens is 1. The van der Waals surface area contributed by atoms with Crippen molar-refractivity contribution in [2.24, 2.45) is 0 Å². The number of aliphatic hydroxyl groups is 1. The Balaban J connectivity index is 3.01. The van der Waals surface area contributed by atoms with Crippen LogP contribution < -0.4 is 0 Å². The first-order valence-corrected chi connectivity index (χ1v) is 3.93. The second-order valence-electron chi connectivity index (χ2n) is 2.91. The van der Waals surface area contributed by atoms with Crippen LogP contribution in [0.15, 0.2) is 11.6 Å². The average Bonchev–Trinajstić information content (AvgIpc) is 2.01. The van der Waals surface area contributed by atoms with Gasteiger partial charge < -0.3 is 5.11 Å². The van der Waals surface area contributed by atoms with Crippen LogP contribution in [-0.4, -0.2) is 28.2 Å².